The summed E-state index contributed by atoms with van der Waals surface area (Å²) in [6.45, 7) is 6.25. The lowest BCUT2D eigenvalue weighted by atomic mass is 9.95. The van der Waals surface area contributed by atoms with E-state index in [9.17, 15) is 0 Å². The van der Waals surface area contributed by atoms with E-state index in [-0.39, 0.29) is 6.04 Å². The van der Waals surface area contributed by atoms with Gasteiger partial charge in [-0.2, -0.15) is 0 Å². The smallest absolute Gasteiger partial charge is 0.0435 e. The third-order valence-electron chi connectivity index (χ3n) is 2.68. The summed E-state index contributed by atoms with van der Waals surface area (Å²) in [5.41, 5.74) is 8.28. The van der Waals surface area contributed by atoms with Crippen molar-refractivity contribution in [3.05, 3.63) is 34.3 Å². The van der Waals surface area contributed by atoms with Crippen LogP contribution in [0, 0.1) is 12.8 Å². The number of hydrogen-bond acceptors (Lipinski definition) is 1. The standard InChI is InChI=1S/C12H18ClN/c1-8(10(3)14)6-11-4-5-12(13)9(2)7-11/h4-5,7-8,10H,6,14H2,1-3H3. The molecule has 0 fully saturated rings. The highest BCUT2D eigenvalue weighted by Gasteiger charge is 2.08. The number of halogens is 1. The van der Waals surface area contributed by atoms with Crippen molar-refractivity contribution in [3.63, 3.8) is 0 Å². The molecule has 1 nitrogen and oxygen atoms in total. The summed E-state index contributed by atoms with van der Waals surface area (Å²) in [5.74, 6) is 0.510. The van der Waals surface area contributed by atoms with Crippen LogP contribution in [0.1, 0.15) is 25.0 Å². The average Bonchev–Trinajstić information content (AvgIpc) is 2.11. The van der Waals surface area contributed by atoms with Crippen LogP contribution < -0.4 is 5.73 Å². The quantitative estimate of drug-likeness (QED) is 0.817. The molecule has 14 heavy (non-hydrogen) atoms. The molecule has 0 radical (unpaired) electrons. The SMILES string of the molecule is Cc1cc(CC(C)C(C)N)ccc1Cl. The Labute approximate surface area is 91.3 Å². The molecule has 0 saturated heterocycles. The van der Waals surface area contributed by atoms with E-state index >= 15 is 0 Å². The van der Waals surface area contributed by atoms with Crippen molar-refractivity contribution in [2.75, 3.05) is 0 Å². The van der Waals surface area contributed by atoms with Gasteiger partial charge in [-0.15, -0.1) is 0 Å². The second kappa shape index (κ2) is 4.81. The van der Waals surface area contributed by atoms with Gasteiger partial charge < -0.3 is 5.73 Å². The van der Waals surface area contributed by atoms with Gasteiger partial charge >= 0.3 is 0 Å². The molecule has 0 amide bonds. The van der Waals surface area contributed by atoms with E-state index in [1.165, 1.54) is 5.56 Å². The fraction of sp³-hybridized carbons (Fsp3) is 0.500. The number of nitrogens with two attached hydrogens (primary N) is 1. The fourth-order valence-corrected chi connectivity index (χ4v) is 1.51. The molecular formula is C12H18ClN. The van der Waals surface area contributed by atoms with Crippen molar-refractivity contribution in [1.82, 2.24) is 0 Å². The van der Waals surface area contributed by atoms with Crippen LogP contribution in [0.2, 0.25) is 5.02 Å². The minimum atomic E-state index is 0.242. The monoisotopic (exact) mass is 211 g/mol. The maximum Gasteiger partial charge on any atom is 0.0435 e. The Morgan fingerprint density at radius 1 is 1.36 bits per heavy atom. The van der Waals surface area contributed by atoms with Crippen molar-refractivity contribution in [1.29, 1.82) is 0 Å². The van der Waals surface area contributed by atoms with Gasteiger partial charge in [0.15, 0.2) is 0 Å². The molecule has 2 atom stereocenters. The van der Waals surface area contributed by atoms with E-state index in [1.54, 1.807) is 0 Å². The van der Waals surface area contributed by atoms with E-state index in [0.29, 0.717) is 5.92 Å². The zero-order valence-corrected chi connectivity index (χ0v) is 9.81. The van der Waals surface area contributed by atoms with Gasteiger partial charge in [0, 0.05) is 11.1 Å². The third-order valence-corrected chi connectivity index (χ3v) is 3.10. The zero-order chi connectivity index (χ0) is 10.7. The first-order chi connectivity index (χ1) is 6.50. The Kier molecular flexibility index (Phi) is 3.97. The van der Waals surface area contributed by atoms with Gasteiger partial charge in [-0.05, 0) is 43.4 Å². The Bertz CT molecular complexity index is 307. The first-order valence-electron chi connectivity index (χ1n) is 5.01. The Morgan fingerprint density at radius 2 is 2.00 bits per heavy atom. The number of benzene rings is 1. The lowest BCUT2D eigenvalue weighted by Gasteiger charge is -2.15. The van der Waals surface area contributed by atoms with Crippen LogP contribution in [-0.2, 0) is 6.42 Å². The molecule has 1 aromatic carbocycles. The minimum absolute atomic E-state index is 0.242. The molecule has 0 spiro atoms. The van der Waals surface area contributed by atoms with Gasteiger partial charge in [-0.1, -0.05) is 30.7 Å². The fourth-order valence-electron chi connectivity index (χ4n) is 1.39. The van der Waals surface area contributed by atoms with E-state index in [2.05, 4.69) is 19.1 Å². The van der Waals surface area contributed by atoms with Crippen molar-refractivity contribution < 1.29 is 0 Å². The molecule has 0 aromatic heterocycles. The molecule has 0 heterocycles. The molecule has 0 saturated carbocycles. The lowest BCUT2D eigenvalue weighted by Crippen LogP contribution is -2.25. The molecule has 78 valence electrons. The van der Waals surface area contributed by atoms with E-state index in [0.717, 1.165) is 17.0 Å². The van der Waals surface area contributed by atoms with E-state index in [4.69, 9.17) is 17.3 Å². The van der Waals surface area contributed by atoms with Crippen LogP contribution in [0.5, 0.6) is 0 Å². The Balaban J connectivity index is 2.73. The van der Waals surface area contributed by atoms with Gasteiger partial charge in [0.25, 0.3) is 0 Å². The molecule has 2 heteroatoms. The largest absolute Gasteiger partial charge is 0.328 e. The van der Waals surface area contributed by atoms with Gasteiger partial charge in [0.1, 0.15) is 0 Å². The van der Waals surface area contributed by atoms with E-state index in [1.807, 2.05) is 19.9 Å². The summed E-state index contributed by atoms with van der Waals surface area (Å²) >= 11 is 5.96. The number of rotatable bonds is 3. The van der Waals surface area contributed by atoms with Crippen LogP contribution >= 0.6 is 11.6 Å². The summed E-state index contributed by atoms with van der Waals surface area (Å²) in [6.07, 6.45) is 1.02. The van der Waals surface area contributed by atoms with E-state index < -0.39 is 0 Å². The normalized spacial score (nSPS) is 15.2. The molecule has 0 aliphatic rings. The lowest BCUT2D eigenvalue weighted by molar-refractivity contribution is 0.481. The summed E-state index contributed by atoms with van der Waals surface area (Å²) < 4.78 is 0. The highest BCUT2D eigenvalue weighted by Crippen LogP contribution is 2.19. The Hall–Kier alpha value is -0.530. The molecular weight excluding hydrogens is 194 g/mol. The number of hydrogen-bond donors (Lipinski definition) is 1. The summed E-state index contributed by atoms with van der Waals surface area (Å²) in [7, 11) is 0. The van der Waals surface area contributed by atoms with Crippen molar-refractivity contribution in [2.24, 2.45) is 11.7 Å². The zero-order valence-electron chi connectivity index (χ0n) is 9.05. The van der Waals surface area contributed by atoms with Crippen molar-refractivity contribution >= 4 is 11.6 Å². The van der Waals surface area contributed by atoms with Gasteiger partial charge in [-0.3, -0.25) is 0 Å². The van der Waals surface area contributed by atoms with Crippen LogP contribution in [0.25, 0.3) is 0 Å². The molecule has 1 aromatic rings. The van der Waals surface area contributed by atoms with Crippen molar-refractivity contribution in [3.8, 4) is 0 Å². The minimum Gasteiger partial charge on any atom is -0.328 e. The molecule has 0 bridgehead atoms. The molecule has 1 rings (SSSR count). The van der Waals surface area contributed by atoms with Gasteiger partial charge in [-0.25, -0.2) is 0 Å². The van der Waals surface area contributed by atoms with Gasteiger partial charge in [0.2, 0.25) is 0 Å². The van der Waals surface area contributed by atoms with Crippen LogP contribution in [-0.4, -0.2) is 6.04 Å². The van der Waals surface area contributed by atoms with Crippen LogP contribution in [0.15, 0.2) is 18.2 Å². The summed E-state index contributed by atoms with van der Waals surface area (Å²) in [6, 6.07) is 6.42. The first-order valence-corrected chi connectivity index (χ1v) is 5.39. The average molecular weight is 212 g/mol. The predicted molar refractivity (Wildman–Crippen MR) is 62.7 cm³/mol. The van der Waals surface area contributed by atoms with Crippen LogP contribution in [0.3, 0.4) is 0 Å². The summed E-state index contributed by atoms with van der Waals surface area (Å²) in [4.78, 5) is 0. The highest BCUT2D eigenvalue weighted by molar-refractivity contribution is 6.31. The summed E-state index contributed by atoms with van der Waals surface area (Å²) in [5, 5.41) is 0.835. The Morgan fingerprint density at radius 3 is 2.50 bits per heavy atom. The maximum atomic E-state index is 5.96. The highest BCUT2D eigenvalue weighted by atomic mass is 35.5. The first kappa shape index (κ1) is 11.5. The van der Waals surface area contributed by atoms with Gasteiger partial charge in [0.05, 0.1) is 0 Å². The maximum absolute atomic E-state index is 5.96. The predicted octanol–water partition coefficient (Wildman–Crippen LogP) is 3.17. The second-order valence-corrected chi connectivity index (χ2v) is 4.53. The van der Waals surface area contributed by atoms with Crippen LogP contribution in [0.4, 0.5) is 0 Å². The molecule has 0 aliphatic carbocycles. The number of aryl methyl sites for hydroxylation is 1. The van der Waals surface area contributed by atoms with Crippen molar-refractivity contribution in [2.45, 2.75) is 33.2 Å². The topological polar surface area (TPSA) is 26.0 Å². The second-order valence-electron chi connectivity index (χ2n) is 4.12. The molecule has 2 N–H and O–H groups in total. The molecule has 2 unspecified atom stereocenters. The molecule has 0 aliphatic heterocycles. The third kappa shape index (κ3) is 3.00.